The summed E-state index contributed by atoms with van der Waals surface area (Å²) in [7, 11) is 0. The molecule has 0 heterocycles. The van der Waals surface area contributed by atoms with Crippen molar-refractivity contribution in [3.05, 3.63) is 28.8 Å². The second kappa shape index (κ2) is 6.47. The summed E-state index contributed by atoms with van der Waals surface area (Å²) < 4.78 is 5.30. The van der Waals surface area contributed by atoms with Crippen molar-refractivity contribution in [1.29, 1.82) is 0 Å². The number of ether oxygens (including phenoxy) is 1. The Morgan fingerprint density at radius 3 is 2.82 bits per heavy atom. The first-order valence-electron chi connectivity index (χ1n) is 5.44. The topological polar surface area (TPSA) is 72.5 Å². The smallest absolute Gasteiger partial charge is 0.303 e. The van der Waals surface area contributed by atoms with Crippen LogP contribution in [0, 0.1) is 0 Å². The maximum atomic E-state index is 10.4. The molecule has 0 aliphatic rings. The lowest BCUT2D eigenvalue weighted by atomic mass is 10.0. The monoisotopic (exact) mass is 257 g/mol. The van der Waals surface area contributed by atoms with Crippen LogP contribution < -0.4 is 10.5 Å². The highest BCUT2D eigenvalue weighted by Gasteiger charge is 2.10. The first-order valence-corrected chi connectivity index (χ1v) is 5.82. The second-order valence-electron chi connectivity index (χ2n) is 3.66. The number of hydrogen-bond donors (Lipinski definition) is 2. The van der Waals surface area contributed by atoms with Crippen molar-refractivity contribution in [2.45, 2.75) is 25.8 Å². The summed E-state index contributed by atoms with van der Waals surface area (Å²) in [5.41, 5.74) is 6.69. The predicted octanol–water partition coefficient (Wildman–Crippen LogP) is 2.60. The maximum Gasteiger partial charge on any atom is 0.303 e. The molecule has 0 aromatic heterocycles. The van der Waals surface area contributed by atoms with E-state index in [0.29, 0.717) is 23.8 Å². The Morgan fingerprint density at radius 1 is 1.59 bits per heavy atom. The molecule has 1 atom stereocenters. The molecular weight excluding hydrogens is 242 g/mol. The van der Waals surface area contributed by atoms with E-state index in [4.69, 9.17) is 27.2 Å². The molecule has 0 fully saturated rings. The van der Waals surface area contributed by atoms with Crippen LogP contribution in [-0.4, -0.2) is 17.7 Å². The van der Waals surface area contributed by atoms with Crippen molar-refractivity contribution in [3.8, 4) is 5.75 Å². The van der Waals surface area contributed by atoms with Crippen LogP contribution in [0.3, 0.4) is 0 Å². The van der Waals surface area contributed by atoms with Crippen LogP contribution in [0.2, 0.25) is 5.02 Å². The zero-order chi connectivity index (χ0) is 12.8. The molecule has 5 heteroatoms. The van der Waals surface area contributed by atoms with Crippen molar-refractivity contribution in [1.82, 2.24) is 0 Å². The molecule has 1 unspecified atom stereocenters. The van der Waals surface area contributed by atoms with Crippen molar-refractivity contribution in [3.63, 3.8) is 0 Å². The summed E-state index contributed by atoms with van der Waals surface area (Å²) in [5, 5.41) is 9.07. The highest BCUT2D eigenvalue weighted by Crippen LogP contribution is 2.28. The van der Waals surface area contributed by atoms with Gasteiger partial charge in [-0.2, -0.15) is 0 Å². The fraction of sp³-hybridized carbons (Fsp3) is 0.417. The molecule has 0 radical (unpaired) electrons. The van der Waals surface area contributed by atoms with E-state index in [9.17, 15) is 4.79 Å². The zero-order valence-electron chi connectivity index (χ0n) is 9.65. The van der Waals surface area contributed by atoms with Crippen LogP contribution in [0.5, 0.6) is 5.75 Å². The predicted molar refractivity (Wildman–Crippen MR) is 66.4 cm³/mol. The summed E-state index contributed by atoms with van der Waals surface area (Å²) in [6.07, 6.45) is 0.436. The van der Waals surface area contributed by atoms with Gasteiger partial charge in [-0.15, -0.1) is 0 Å². The van der Waals surface area contributed by atoms with E-state index in [0.717, 1.165) is 5.56 Å². The van der Waals surface area contributed by atoms with Crippen molar-refractivity contribution < 1.29 is 14.6 Å². The SMILES string of the molecule is CCOc1ccc(C(N)CCC(=O)O)cc1Cl. The maximum absolute atomic E-state index is 10.4. The molecule has 0 amide bonds. The third kappa shape index (κ3) is 4.24. The van der Waals surface area contributed by atoms with E-state index < -0.39 is 5.97 Å². The molecule has 0 saturated heterocycles. The normalized spacial score (nSPS) is 12.2. The summed E-state index contributed by atoms with van der Waals surface area (Å²) in [4.78, 5) is 10.4. The third-order valence-corrected chi connectivity index (χ3v) is 2.65. The summed E-state index contributed by atoms with van der Waals surface area (Å²) in [5.74, 6) is -0.235. The Balaban J connectivity index is 2.71. The summed E-state index contributed by atoms with van der Waals surface area (Å²) in [6, 6.07) is 4.96. The highest BCUT2D eigenvalue weighted by atomic mass is 35.5. The van der Waals surface area contributed by atoms with Crippen LogP contribution in [-0.2, 0) is 4.79 Å². The van der Waals surface area contributed by atoms with Gasteiger partial charge in [-0.25, -0.2) is 0 Å². The van der Waals surface area contributed by atoms with Gasteiger partial charge in [0.05, 0.1) is 11.6 Å². The van der Waals surface area contributed by atoms with Gasteiger partial charge in [0.1, 0.15) is 5.75 Å². The number of rotatable bonds is 6. The van der Waals surface area contributed by atoms with Crippen LogP contribution in [0.4, 0.5) is 0 Å². The molecule has 0 spiro atoms. The lowest BCUT2D eigenvalue weighted by Gasteiger charge is -2.13. The van der Waals surface area contributed by atoms with E-state index in [1.54, 1.807) is 12.1 Å². The number of carbonyl (C=O) groups is 1. The molecule has 0 saturated carbocycles. The van der Waals surface area contributed by atoms with Gasteiger partial charge in [0.25, 0.3) is 0 Å². The first-order chi connectivity index (χ1) is 8.04. The minimum Gasteiger partial charge on any atom is -0.492 e. The Kier molecular flexibility index (Phi) is 5.25. The highest BCUT2D eigenvalue weighted by molar-refractivity contribution is 6.32. The van der Waals surface area contributed by atoms with E-state index in [1.807, 2.05) is 13.0 Å². The van der Waals surface area contributed by atoms with Gasteiger partial charge < -0.3 is 15.6 Å². The summed E-state index contributed by atoms with van der Waals surface area (Å²) in [6.45, 7) is 2.42. The number of hydrogen-bond acceptors (Lipinski definition) is 3. The molecule has 0 aliphatic heterocycles. The van der Waals surface area contributed by atoms with E-state index >= 15 is 0 Å². The van der Waals surface area contributed by atoms with Gasteiger partial charge in [-0.3, -0.25) is 4.79 Å². The van der Waals surface area contributed by atoms with Gasteiger partial charge in [-0.05, 0) is 31.0 Å². The quantitative estimate of drug-likeness (QED) is 0.822. The van der Waals surface area contributed by atoms with Crippen molar-refractivity contribution in [2.75, 3.05) is 6.61 Å². The van der Waals surface area contributed by atoms with Gasteiger partial charge in [0, 0.05) is 12.5 Å². The lowest BCUT2D eigenvalue weighted by Crippen LogP contribution is -2.12. The van der Waals surface area contributed by atoms with E-state index in [-0.39, 0.29) is 12.5 Å². The van der Waals surface area contributed by atoms with Gasteiger partial charge in [-0.1, -0.05) is 17.7 Å². The fourth-order valence-electron chi connectivity index (χ4n) is 1.47. The first kappa shape index (κ1) is 13.8. The number of benzene rings is 1. The average molecular weight is 258 g/mol. The molecule has 1 aromatic rings. The molecule has 0 aliphatic carbocycles. The number of halogens is 1. The Labute approximate surface area is 105 Å². The van der Waals surface area contributed by atoms with Crippen molar-refractivity contribution >= 4 is 17.6 Å². The molecule has 1 aromatic carbocycles. The Bertz CT molecular complexity index is 395. The molecule has 17 heavy (non-hydrogen) atoms. The average Bonchev–Trinajstić information content (AvgIpc) is 2.28. The van der Waals surface area contributed by atoms with Crippen LogP contribution in [0.1, 0.15) is 31.4 Å². The van der Waals surface area contributed by atoms with E-state index in [2.05, 4.69) is 0 Å². The summed E-state index contributed by atoms with van der Waals surface area (Å²) >= 11 is 6.02. The second-order valence-corrected chi connectivity index (χ2v) is 4.07. The number of nitrogens with two attached hydrogens (primary N) is 1. The fourth-order valence-corrected chi connectivity index (χ4v) is 1.71. The lowest BCUT2D eigenvalue weighted by molar-refractivity contribution is -0.137. The largest absolute Gasteiger partial charge is 0.492 e. The number of carboxylic acid groups (broad SMARTS) is 1. The van der Waals surface area contributed by atoms with E-state index in [1.165, 1.54) is 0 Å². The minimum absolute atomic E-state index is 0.0476. The van der Waals surface area contributed by atoms with Crippen LogP contribution in [0.15, 0.2) is 18.2 Å². The Morgan fingerprint density at radius 2 is 2.29 bits per heavy atom. The van der Waals surface area contributed by atoms with Crippen LogP contribution in [0.25, 0.3) is 0 Å². The van der Waals surface area contributed by atoms with Gasteiger partial charge in [0.15, 0.2) is 0 Å². The molecule has 4 nitrogen and oxygen atoms in total. The van der Waals surface area contributed by atoms with Crippen LogP contribution >= 0.6 is 11.6 Å². The molecule has 1 rings (SSSR count). The third-order valence-electron chi connectivity index (χ3n) is 2.35. The Hall–Kier alpha value is -1.26. The van der Waals surface area contributed by atoms with Gasteiger partial charge in [0.2, 0.25) is 0 Å². The molecule has 94 valence electrons. The number of carboxylic acids is 1. The number of aliphatic carboxylic acids is 1. The van der Waals surface area contributed by atoms with Gasteiger partial charge >= 0.3 is 5.97 Å². The molecular formula is C12H16ClNO3. The minimum atomic E-state index is -0.850. The zero-order valence-corrected chi connectivity index (χ0v) is 10.4. The standard InChI is InChI=1S/C12H16ClNO3/c1-2-17-11-5-3-8(7-9(11)13)10(14)4-6-12(15)16/h3,5,7,10H,2,4,6,14H2,1H3,(H,15,16). The molecule has 3 N–H and O–H groups in total. The van der Waals surface area contributed by atoms with Crippen molar-refractivity contribution in [2.24, 2.45) is 5.73 Å². The molecule has 0 bridgehead atoms.